The molecule has 0 heterocycles. The van der Waals surface area contributed by atoms with Gasteiger partial charge >= 0.3 is 0 Å². The second-order valence-corrected chi connectivity index (χ2v) is 6.59. The van der Waals surface area contributed by atoms with Gasteiger partial charge in [-0.2, -0.15) is 0 Å². The van der Waals surface area contributed by atoms with Crippen molar-refractivity contribution in [1.82, 2.24) is 0 Å². The molecule has 18 heavy (non-hydrogen) atoms. The van der Waals surface area contributed by atoms with E-state index in [1.54, 1.807) is 0 Å². The zero-order valence-electron chi connectivity index (χ0n) is 15.1. The van der Waals surface area contributed by atoms with Crippen molar-refractivity contribution in [3.05, 3.63) is 0 Å². The van der Waals surface area contributed by atoms with Gasteiger partial charge in [0.1, 0.15) is 0 Å². The van der Waals surface area contributed by atoms with Crippen LogP contribution in [0.25, 0.3) is 0 Å². The van der Waals surface area contributed by atoms with Gasteiger partial charge in [-0.3, -0.25) is 0 Å². The van der Waals surface area contributed by atoms with Gasteiger partial charge in [0.05, 0.1) is 0 Å². The molecule has 114 valence electrons. The van der Waals surface area contributed by atoms with Gasteiger partial charge in [-0.1, -0.05) is 94.9 Å². The SMILES string of the molecule is CC(C)C(C)C.CCC(C)CC.CCCC(C)C. The van der Waals surface area contributed by atoms with E-state index >= 15 is 0 Å². The van der Waals surface area contributed by atoms with Crippen molar-refractivity contribution in [3.8, 4) is 0 Å². The summed E-state index contributed by atoms with van der Waals surface area (Å²) in [6, 6.07) is 0. The van der Waals surface area contributed by atoms with E-state index in [2.05, 4.69) is 69.2 Å². The molecule has 0 aliphatic rings. The van der Waals surface area contributed by atoms with Crippen LogP contribution in [0.15, 0.2) is 0 Å². The van der Waals surface area contributed by atoms with E-state index in [1.165, 1.54) is 25.7 Å². The first-order valence-corrected chi connectivity index (χ1v) is 8.22. The summed E-state index contributed by atoms with van der Waals surface area (Å²) >= 11 is 0. The molecule has 0 unspecified atom stereocenters. The summed E-state index contributed by atoms with van der Waals surface area (Å²) in [6.45, 7) is 22.4. The minimum Gasteiger partial charge on any atom is -0.0654 e. The molecule has 0 bridgehead atoms. The number of rotatable bonds is 5. The first kappa shape index (κ1) is 23.1. The van der Waals surface area contributed by atoms with Crippen LogP contribution in [-0.2, 0) is 0 Å². The van der Waals surface area contributed by atoms with Gasteiger partial charge in [0.15, 0.2) is 0 Å². The third-order valence-corrected chi connectivity index (χ3v) is 3.59. The van der Waals surface area contributed by atoms with Gasteiger partial charge in [0.25, 0.3) is 0 Å². The molecule has 0 N–H and O–H groups in total. The fourth-order valence-electron chi connectivity index (χ4n) is 0.866. The summed E-state index contributed by atoms with van der Waals surface area (Å²) in [6.07, 6.45) is 5.37. The van der Waals surface area contributed by atoms with Crippen molar-refractivity contribution >= 4 is 0 Å². The average molecular weight is 259 g/mol. The van der Waals surface area contributed by atoms with E-state index in [4.69, 9.17) is 0 Å². The summed E-state index contributed by atoms with van der Waals surface area (Å²) in [4.78, 5) is 0. The van der Waals surface area contributed by atoms with Crippen LogP contribution >= 0.6 is 0 Å². The highest BCUT2D eigenvalue weighted by atomic mass is 14.0. The van der Waals surface area contributed by atoms with Crippen LogP contribution in [0.3, 0.4) is 0 Å². The largest absolute Gasteiger partial charge is 0.0654 e. The van der Waals surface area contributed by atoms with E-state index in [9.17, 15) is 0 Å². The Hall–Kier alpha value is 0. The van der Waals surface area contributed by atoms with Crippen LogP contribution in [0, 0.1) is 23.7 Å². The molecule has 0 spiro atoms. The van der Waals surface area contributed by atoms with Crippen LogP contribution in [-0.4, -0.2) is 0 Å². The molecule has 0 fully saturated rings. The van der Waals surface area contributed by atoms with Gasteiger partial charge in [0, 0.05) is 0 Å². The summed E-state index contributed by atoms with van der Waals surface area (Å²) in [7, 11) is 0. The predicted molar refractivity (Wildman–Crippen MR) is 89.2 cm³/mol. The molecule has 0 heteroatoms. The van der Waals surface area contributed by atoms with E-state index in [1.807, 2.05) is 0 Å². The van der Waals surface area contributed by atoms with Crippen molar-refractivity contribution in [2.75, 3.05) is 0 Å². The molecule has 0 rings (SSSR count). The maximum Gasteiger partial charge on any atom is -0.0448 e. The summed E-state index contributed by atoms with van der Waals surface area (Å²) in [5, 5.41) is 0. The first-order valence-electron chi connectivity index (χ1n) is 8.22. The second-order valence-electron chi connectivity index (χ2n) is 6.59. The highest BCUT2D eigenvalue weighted by molar-refractivity contribution is 4.46. The molecule has 0 aromatic heterocycles. The lowest BCUT2D eigenvalue weighted by Gasteiger charge is -2.05. The lowest BCUT2D eigenvalue weighted by atomic mass is 10.0. The highest BCUT2D eigenvalue weighted by Gasteiger charge is 1.95. The Kier molecular flexibility index (Phi) is 21.8. The lowest BCUT2D eigenvalue weighted by Crippen LogP contribution is -1.95. The Morgan fingerprint density at radius 1 is 0.611 bits per heavy atom. The molecule has 0 nitrogen and oxygen atoms in total. The Balaban J connectivity index is -0.000000187. The van der Waals surface area contributed by atoms with Crippen molar-refractivity contribution < 1.29 is 0 Å². The smallest absolute Gasteiger partial charge is 0.0448 e. The quantitative estimate of drug-likeness (QED) is 0.490. The minimum absolute atomic E-state index is 0.852. The second kappa shape index (κ2) is 17.0. The topological polar surface area (TPSA) is 0 Å². The predicted octanol–water partition coefficient (Wildman–Crippen LogP) is 7.18. The average Bonchev–Trinajstić information content (AvgIpc) is 2.29. The van der Waals surface area contributed by atoms with Gasteiger partial charge in [-0.15, -0.1) is 0 Å². The van der Waals surface area contributed by atoms with Crippen LogP contribution in [0.1, 0.15) is 94.9 Å². The zero-order chi connectivity index (χ0) is 15.1. The molecular weight excluding hydrogens is 216 g/mol. The van der Waals surface area contributed by atoms with Crippen molar-refractivity contribution in [2.24, 2.45) is 23.7 Å². The number of hydrogen-bond donors (Lipinski definition) is 0. The van der Waals surface area contributed by atoms with Crippen LogP contribution < -0.4 is 0 Å². The molecule has 0 aromatic rings. The summed E-state index contributed by atoms with van der Waals surface area (Å²) < 4.78 is 0. The van der Waals surface area contributed by atoms with E-state index in [0.717, 1.165) is 23.7 Å². The van der Waals surface area contributed by atoms with Gasteiger partial charge < -0.3 is 0 Å². The molecule has 0 aromatic carbocycles. The molecule has 0 saturated carbocycles. The standard InChI is InChI=1S/3C6H14/c1-5(2)6(3)4;1-4-5-6(2)3;1-4-6(3)5-2/h5-6H,1-4H3;2*6H,4-5H2,1-3H3. The molecule has 0 radical (unpaired) electrons. The van der Waals surface area contributed by atoms with Crippen molar-refractivity contribution in [2.45, 2.75) is 94.9 Å². The third kappa shape index (κ3) is 29.8. The summed E-state index contributed by atoms with van der Waals surface area (Å²) in [5.74, 6) is 3.54. The molecule has 0 amide bonds. The fraction of sp³-hybridized carbons (Fsp3) is 1.00. The molecule has 0 atom stereocenters. The van der Waals surface area contributed by atoms with E-state index < -0.39 is 0 Å². The molecular formula is C18H42. The first-order chi connectivity index (χ1) is 8.22. The maximum absolute atomic E-state index is 2.28. The van der Waals surface area contributed by atoms with Crippen LogP contribution in [0.4, 0.5) is 0 Å². The maximum atomic E-state index is 2.28. The fourth-order valence-corrected chi connectivity index (χ4v) is 0.866. The van der Waals surface area contributed by atoms with Crippen LogP contribution in [0.2, 0.25) is 0 Å². The molecule has 0 aliphatic heterocycles. The molecule has 0 aliphatic carbocycles. The van der Waals surface area contributed by atoms with Gasteiger partial charge in [0.2, 0.25) is 0 Å². The van der Waals surface area contributed by atoms with E-state index in [0.29, 0.717) is 0 Å². The third-order valence-electron chi connectivity index (χ3n) is 3.59. The summed E-state index contributed by atoms with van der Waals surface area (Å²) in [5.41, 5.74) is 0. The molecule has 0 saturated heterocycles. The lowest BCUT2D eigenvalue weighted by molar-refractivity contribution is 0.457. The Morgan fingerprint density at radius 2 is 0.944 bits per heavy atom. The highest BCUT2D eigenvalue weighted by Crippen LogP contribution is 2.05. The monoisotopic (exact) mass is 258 g/mol. The van der Waals surface area contributed by atoms with E-state index in [-0.39, 0.29) is 0 Å². The Bertz CT molecular complexity index is 112. The number of hydrogen-bond acceptors (Lipinski definition) is 0. The Morgan fingerprint density at radius 3 is 0.944 bits per heavy atom. The Labute approximate surface area is 119 Å². The van der Waals surface area contributed by atoms with Crippen molar-refractivity contribution in [1.29, 1.82) is 0 Å². The van der Waals surface area contributed by atoms with Gasteiger partial charge in [-0.25, -0.2) is 0 Å². The normalized spacial score (nSPS) is 10.3. The van der Waals surface area contributed by atoms with Crippen molar-refractivity contribution in [3.63, 3.8) is 0 Å². The minimum atomic E-state index is 0.852. The zero-order valence-corrected chi connectivity index (χ0v) is 15.1. The van der Waals surface area contributed by atoms with Gasteiger partial charge in [-0.05, 0) is 23.7 Å². The van der Waals surface area contributed by atoms with Crippen LogP contribution in [0.5, 0.6) is 0 Å².